The first-order chi connectivity index (χ1) is 17.4. The number of carbonyl (C=O) groups is 1. The van der Waals surface area contributed by atoms with E-state index in [0.29, 0.717) is 12.4 Å². The second kappa shape index (κ2) is 10.1. The number of aromatic carboxylic acids is 1. The lowest BCUT2D eigenvalue weighted by Crippen LogP contribution is -2.47. The molecule has 0 aromatic heterocycles. The third-order valence-electron chi connectivity index (χ3n) is 7.19. The number of nitrogens with zero attached hydrogens (tertiary/aromatic N) is 1. The maximum atomic E-state index is 11.4. The van der Waals surface area contributed by atoms with Crippen LogP contribution in [0.3, 0.4) is 0 Å². The van der Waals surface area contributed by atoms with Crippen LogP contribution < -0.4 is 9.47 Å². The van der Waals surface area contributed by atoms with Gasteiger partial charge in [0.05, 0.1) is 5.56 Å². The molecule has 36 heavy (non-hydrogen) atoms. The molecule has 0 aliphatic carbocycles. The zero-order valence-electron chi connectivity index (χ0n) is 20.6. The van der Waals surface area contributed by atoms with E-state index in [0.717, 1.165) is 46.0 Å². The molecule has 2 heterocycles. The van der Waals surface area contributed by atoms with Gasteiger partial charge in [-0.3, -0.25) is 4.90 Å². The lowest BCUT2D eigenvalue weighted by atomic mass is 9.86. The van der Waals surface area contributed by atoms with E-state index in [1.807, 2.05) is 43.3 Å². The molecule has 6 heteroatoms. The molecule has 0 amide bonds. The molecule has 5 rings (SSSR count). The number of likely N-dealkylation sites (tertiary alicyclic amines) is 1. The fourth-order valence-corrected chi connectivity index (χ4v) is 4.99. The maximum absolute atomic E-state index is 11.4. The number of carboxylic acid groups (broad SMARTS) is 1. The fourth-order valence-electron chi connectivity index (χ4n) is 4.99. The minimum atomic E-state index is -0.964. The van der Waals surface area contributed by atoms with Crippen molar-refractivity contribution in [2.24, 2.45) is 5.92 Å². The van der Waals surface area contributed by atoms with Crippen LogP contribution in [-0.4, -0.2) is 47.3 Å². The normalized spacial score (nSPS) is 17.8. The van der Waals surface area contributed by atoms with Crippen LogP contribution in [0.4, 0.5) is 0 Å². The predicted molar refractivity (Wildman–Crippen MR) is 140 cm³/mol. The van der Waals surface area contributed by atoms with Gasteiger partial charge in [-0.1, -0.05) is 37.6 Å². The molecule has 3 aromatic rings. The van der Waals surface area contributed by atoms with Gasteiger partial charge in [0.2, 0.25) is 0 Å². The van der Waals surface area contributed by atoms with E-state index in [4.69, 9.17) is 9.47 Å². The molecule has 6 nitrogen and oxygen atoms in total. The van der Waals surface area contributed by atoms with Crippen molar-refractivity contribution in [3.05, 3.63) is 89.0 Å². The van der Waals surface area contributed by atoms with E-state index in [9.17, 15) is 15.0 Å². The van der Waals surface area contributed by atoms with Gasteiger partial charge in [-0.05, 0) is 72.0 Å². The number of hydrogen-bond donors (Lipinski definition) is 2. The third kappa shape index (κ3) is 4.82. The van der Waals surface area contributed by atoms with E-state index in [-0.39, 0.29) is 17.4 Å². The van der Waals surface area contributed by atoms with E-state index in [1.165, 1.54) is 19.5 Å². The summed E-state index contributed by atoms with van der Waals surface area (Å²) in [7, 11) is 0. The van der Waals surface area contributed by atoms with Gasteiger partial charge in [-0.15, -0.1) is 0 Å². The quantitative estimate of drug-likeness (QED) is 0.415. The van der Waals surface area contributed by atoms with Gasteiger partial charge >= 0.3 is 5.97 Å². The summed E-state index contributed by atoms with van der Waals surface area (Å²) in [6.07, 6.45) is 0.853. The van der Waals surface area contributed by atoms with Crippen LogP contribution in [0.1, 0.15) is 53.4 Å². The highest BCUT2D eigenvalue weighted by Crippen LogP contribution is 2.47. The molecule has 2 aliphatic heterocycles. The summed E-state index contributed by atoms with van der Waals surface area (Å²) in [5.74, 6) is 1.55. The number of allylic oxidation sites excluding steroid dienone is 1. The number of carboxylic acids is 1. The number of benzene rings is 3. The molecule has 2 aliphatic rings. The Labute approximate surface area is 211 Å². The summed E-state index contributed by atoms with van der Waals surface area (Å²) in [5, 5.41) is 19.4. The van der Waals surface area contributed by atoms with Crippen LogP contribution >= 0.6 is 0 Å². The van der Waals surface area contributed by atoms with Crippen molar-refractivity contribution in [2.45, 2.75) is 26.4 Å². The minimum absolute atomic E-state index is 0.167. The Bertz CT molecular complexity index is 1270. The van der Waals surface area contributed by atoms with Gasteiger partial charge in [-0.25, -0.2) is 4.79 Å². The molecule has 0 saturated carbocycles. The van der Waals surface area contributed by atoms with Crippen LogP contribution in [0.2, 0.25) is 0 Å². The second-order valence-corrected chi connectivity index (χ2v) is 9.55. The number of hydrogen-bond acceptors (Lipinski definition) is 5. The van der Waals surface area contributed by atoms with Crippen molar-refractivity contribution in [3.8, 4) is 17.2 Å². The molecule has 186 valence electrons. The van der Waals surface area contributed by atoms with E-state index < -0.39 is 5.97 Å². The monoisotopic (exact) mass is 485 g/mol. The van der Waals surface area contributed by atoms with Gasteiger partial charge in [0.25, 0.3) is 0 Å². The molecule has 0 radical (unpaired) electrons. The number of aromatic hydroxyl groups is 1. The van der Waals surface area contributed by atoms with Gasteiger partial charge in [0, 0.05) is 30.8 Å². The van der Waals surface area contributed by atoms with Crippen molar-refractivity contribution in [2.75, 3.05) is 26.2 Å². The summed E-state index contributed by atoms with van der Waals surface area (Å²) in [6.45, 7) is 8.17. The molecule has 1 atom stereocenters. The molecule has 1 fully saturated rings. The summed E-state index contributed by atoms with van der Waals surface area (Å²) in [6, 6.07) is 19.9. The summed E-state index contributed by atoms with van der Waals surface area (Å²) < 4.78 is 12.4. The Morgan fingerprint density at radius 1 is 1.06 bits per heavy atom. The molecule has 0 bridgehead atoms. The second-order valence-electron chi connectivity index (χ2n) is 9.55. The highest BCUT2D eigenvalue weighted by atomic mass is 16.5. The molecule has 0 unspecified atom stereocenters. The highest BCUT2D eigenvalue weighted by Gasteiger charge is 2.30. The van der Waals surface area contributed by atoms with E-state index >= 15 is 0 Å². The number of fused-ring (bicyclic) bond motifs is 1. The largest absolute Gasteiger partial charge is 0.508 e. The molecule has 2 N–H and O–H groups in total. The fraction of sp³-hybridized carbons (Fsp3) is 0.300. The highest BCUT2D eigenvalue weighted by molar-refractivity contribution is 5.96. The Balaban J connectivity index is 1.39. The van der Waals surface area contributed by atoms with Crippen molar-refractivity contribution >= 4 is 17.1 Å². The lowest BCUT2D eigenvalue weighted by Gasteiger charge is -2.38. The first-order valence-electron chi connectivity index (χ1n) is 12.4. The zero-order chi connectivity index (χ0) is 25.2. The SMILES string of the molecule is CCC1CN(CCOc2ccc([C@H]3Oc4ccc(O)cc4C(C)=C3c3ccc(C(=O)O)cc3)cc2)C1. The minimum Gasteiger partial charge on any atom is -0.508 e. The molecular formula is C30H31NO5. The van der Waals surface area contributed by atoms with E-state index in [1.54, 1.807) is 30.3 Å². The van der Waals surface area contributed by atoms with Crippen LogP contribution in [0.25, 0.3) is 11.1 Å². The standard InChI is InChI=1S/C30H31NO5/c1-3-20-17-31(18-20)14-15-35-25-11-8-22(9-12-25)29-28(21-4-6-23(7-5-21)30(33)34)19(2)26-16-24(32)10-13-27(26)36-29/h4-13,16,20,29,32H,3,14-15,17-18H2,1-2H3,(H,33,34)/t29-/m1/s1. The molecule has 1 saturated heterocycles. The Hall–Kier alpha value is -3.77. The zero-order valence-corrected chi connectivity index (χ0v) is 20.6. The maximum Gasteiger partial charge on any atom is 0.335 e. The molecule has 0 spiro atoms. The summed E-state index contributed by atoms with van der Waals surface area (Å²) in [5.41, 5.74) is 4.79. The molecular weight excluding hydrogens is 454 g/mol. The van der Waals surface area contributed by atoms with Crippen LogP contribution in [0.15, 0.2) is 66.7 Å². The number of rotatable bonds is 8. The Kier molecular flexibility index (Phi) is 6.70. The van der Waals surface area contributed by atoms with Gasteiger partial charge in [-0.2, -0.15) is 0 Å². The first kappa shape index (κ1) is 23.9. The van der Waals surface area contributed by atoms with Crippen LogP contribution in [-0.2, 0) is 0 Å². The number of phenolic OH excluding ortho intramolecular Hbond substituents is 1. The average Bonchev–Trinajstić information content (AvgIpc) is 2.86. The van der Waals surface area contributed by atoms with Crippen LogP contribution in [0.5, 0.6) is 17.2 Å². The van der Waals surface area contributed by atoms with Crippen molar-refractivity contribution in [3.63, 3.8) is 0 Å². The van der Waals surface area contributed by atoms with Crippen molar-refractivity contribution in [1.29, 1.82) is 0 Å². The van der Waals surface area contributed by atoms with E-state index in [2.05, 4.69) is 11.8 Å². The average molecular weight is 486 g/mol. The predicted octanol–water partition coefficient (Wildman–Crippen LogP) is 5.88. The van der Waals surface area contributed by atoms with Gasteiger partial charge in [0.15, 0.2) is 0 Å². The number of phenols is 1. The Morgan fingerprint density at radius 3 is 2.44 bits per heavy atom. The van der Waals surface area contributed by atoms with Gasteiger partial charge in [0.1, 0.15) is 30.0 Å². The van der Waals surface area contributed by atoms with Crippen LogP contribution in [0, 0.1) is 5.92 Å². The lowest BCUT2D eigenvalue weighted by molar-refractivity contribution is 0.0697. The topological polar surface area (TPSA) is 79.2 Å². The Morgan fingerprint density at radius 2 is 1.78 bits per heavy atom. The van der Waals surface area contributed by atoms with Crippen molar-refractivity contribution < 1.29 is 24.5 Å². The third-order valence-corrected chi connectivity index (χ3v) is 7.19. The number of ether oxygens (including phenoxy) is 2. The summed E-state index contributed by atoms with van der Waals surface area (Å²) >= 11 is 0. The smallest absolute Gasteiger partial charge is 0.335 e. The first-order valence-corrected chi connectivity index (χ1v) is 12.4. The summed E-state index contributed by atoms with van der Waals surface area (Å²) in [4.78, 5) is 13.8. The van der Waals surface area contributed by atoms with Gasteiger partial charge < -0.3 is 19.7 Å². The van der Waals surface area contributed by atoms with Crippen molar-refractivity contribution in [1.82, 2.24) is 4.90 Å². The molecule has 3 aromatic carbocycles.